The van der Waals surface area contributed by atoms with Crippen LogP contribution in [0.2, 0.25) is 0 Å². The molecule has 0 fully saturated rings. The molecule has 0 aliphatic carbocycles. The van der Waals surface area contributed by atoms with Crippen LogP contribution >= 0.6 is 0 Å². The normalized spacial score (nSPS) is 13.9. The van der Waals surface area contributed by atoms with Crippen molar-refractivity contribution in [2.45, 2.75) is 26.3 Å². The van der Waals surface area contributed by atoms with E-state index in [1.807, 2.05) is 31.2 Å². The van der Waals surface area contributed by atoms with E-state index in [0.29, 0.717) is 36.8 Å². The van der Waals surface area contributed by atoms with Crippen LogP contribution in [-0.4, -0.2) is 46.9 Å². The topological polar surface area (TPSA) is 94.2 Å². The molecule has 0 spiro atoms. The third kappa shape index (κ3) is 5.41. The number of nitrogens with zero attached hydrogens (tertiary/aromatic N) is 1. The number of amides is 1. The highest BCUT2D eigenvalue weighted by atomic mass is 32.2. The second-order valence-electron chi connectivity index (χ2n) is 7.04. The summed E-state index contributed by atoms with van der Waals surface area (Å²) in [4.78, 5) is 12.8. The molecule has 0 bridgehead atoms. The van der Waals surface area contributed by atoms with Crippen molar-refractivity contribution in [3.05, 3.63) is 48.0 Å². The van der Waals surface area contributed by atoms with E-state index in [-0.39, 0.29) is 18.3 Å². The molecule has 1 aliphatic heterocycles. The molecule has 2 aromatic carbocycles. The summed E-state index contributed by atoms with van der Waals surface area (Å²) < 4.78 is 42.9. The molecule has 0 unspecified atom stereocenters. The molecule has 2 aromatic rings. The largest absolute Gasteiger partial charge is 0.497 e. The van der Waals surface area contributed by atoms with Gasteiger partial charge in [0.15, 0.2) is 11.5 Å². The van der Waals surface area contributed by atoms with E-state index in [1.54, 1.807) is 32.2 Å². The van der Waals surface area contributed by atoms with Gasteiger partial charge in [0.1, 0.15) is 25.5 Å². The first-order chi connectivity index (χ1) is 14.9. The third-order valence-corrected chi connectivity index (χ3v) is 6.80. The maximum atomic E-state index is 12.8. The second-order valence-corrected chi connectivity index (χ2v) is 9.22. The van der Waals surface area contributed by atoms with Crippen LogP contribution in [-0.2, 0) is 14.8 Å². The van der Waals surface area contributed by atoms with Gasteiger partial charge in [-0.2, -0.15) is 0 Å². The minimum Gasteiger partial charge on any atom is -0.497 e. The number of methoxy groups -OCH3 is 1. The average Bonchev–Trinajstić information content (AvgIpc) is 2.80. The molecule has 1 aliphatic rings. The Morgan fingerprint density at radius 1 is 1.10 bits per heavy atom. The van der Waals surface area contributed by atoms with Crippen molar-refractivity contribution in [2.75, 3.05) is 36.9 Å². The van der Waals surface area contributed by atoms with Gasteiger partial charge in [0.05, 0.1) is 24.6 Å². The Kier molecular flexibility index (Phi) is 7.27. The molecule has 0 radical (unpaired) electrons. The van der Waals surface area contributed by atoms with Crippen LogP contribution in [0.25, 0.3) is 0 Å². The molecule has 0 aromatic heterocycles. The quantitative estimate of drug-likeness (QED) is 0.634. The summed E-state index contributed by atoms with van der Waals surface area (Å²) in [6, 6.07) is 12.0. The fourth-order valence-electron chi connectivity index (χ4n) is 3.32. The van der Waals surface area contributed by atoms with Gasteiger partial charge in [-0.15, -0.1) is 0 Å². The van der Waals surface area contributed by atoms with Crippen molar-refractivity contribution in [1.82, 2.24) is 5.32 Å². The van der Waals surface area contributed by atoms with Gasteiger partial charge >= 0.3 is 0 Å². The third-order valence-electron chi connectivity index (χ3n) is 5.06. The Morgan fingerprint density at radius 3 is 2.39 bits per heavy atom. The highest BCUT2D eigenvalue weighted by molar-refractivity contribution is 7.92. The number of ether oxygens (including phenoxy) is 3. The van der Waals surface area contributed by atoms with Crippen molar-refractivity contribution >= 4 is 21.6 Å². The van der Waals surface area contributed by atoms with E-state index < -0.39 is 15.9 Å². The van der Waals surface area contributed by atoms with Gasteiger partial charge in [0.2, 0.25) is 15.9 Å². The summed E-state index contributed by atoms with van der Waals surface area (Å²) >= 11 is 0. The van der Waals surface area contributed by atoms with Gasteiger partial charge in [0.25, 0.3) is 0 Å². The zero-order valence-electron chi connectivity index (χ0n) is 18.0. The van der Waals surface area contributed by atoms with Gasteiger partial charge in [0, 0.05) is 6.07 Å². The number of rotatable bonds is 9. The van der Waals surface area contributed by atoms with Crippen molar-refractivity contribution in [3.63, 3.8) is 0 Å². The van der Waals surface area contributed by atoms with Crippen LogP contribution in [0.5, 0.6) is 17.2 Å². The first-order valence-electron chi connectivity index (χ1n) is 10.2. The summed E-state index contributed by atoms with van der Waals surface area (Å²) in [5.41, 5.74) is 1.28. The summed E-state index contributed by atoms with van der Waals surface area (Å²) in [5.74, 6) is 1.21. The Hall–Kier alpha value is -2.94. The summed E-state index contributed by atoms with van der Waals surface area (Å²) in [7, 11) is -2.10. The van der Waals surface area contributed by atoms with E-state index in [9.17, 15) is 13.2 Å². The van der Waals surface area contributed by atoms with Crippen molar-refractivity contribution in [3.8, 4) is 17.2 Å². The molecule has 1 atom stereocenters. The lowest BCUT2D eigenvalue weighted by Gasteiger charge is -2.26. The number of fused-ring (bicyclic) bond motifs is 1. The van der Waals surface area contributed by atoms with Crippen LogP contribution in [0.3, 0.4) is 0 Å². The molecule has 0 saturated heterocycles. The van der Waals surface area contributed by atoms with Gasteiger partial charge in [-0.1, -0.05) is 19.1 Å². The molecule has 1 heterocycles. The molecular formula is C22H28N2O6S. The Balaban J connectivity index is 1.80. The smallest absolute Gasteiger partial charge is 0.241 e. The first kappa shape index (κ1) is 22.7. The molecular weight excluding hydrogens is 420 g/mol. The maximum Gasteiger partial charge on any atom is 0.241 e. The first-order valence-corrected chi connectivity index (χ1v) is 11.8. The molecule has 1 N–H and O–H groups in total. The van der Waals surface area contributed by atoms with Crippen molar-refractivity contribution in [1.29, 1.82) is 0 Å². The zero-order valence-corrected chi connectivity index (χ0v) is 18.8. The van der Waals surface area contributed by atoms with Crippen LogP contribution in [0.1, 0.15) is 31.9 Å². The van der Waals surface area contributed by atoms with Crippen LogP contribution in [0.15, 0.2) is 42.5 Å². The molecule has 9 heteroatoms. The Bertz CT molecular complexity index is 1010. The number of carbonyl (C=O) groups is 1. The Morgan fingerprint density at radius 2 is 1.77 bits per heavy atom. The fraction of sp³-hybridized carbons (Fsp3) is 0.409. The lowest BCUT2D eigenvalue weighted by Crippen LogP contribution is -2.42. The van der Waals surface area contributed by atoms with Crippen LogP contribution < -0.4 is 23.8 Å². The van der Waals surface area contributed by atoms with Crippen molar-refractivity contribution in [2.24, 2.45) is 0 Å². The minimum atomic E-state index is -3.69. The van der Waals surface area contributed by atoms with E-state index in [0.717, 1.165) is 15.6 Å². The van der Waals surface area contributed by atoms with Gasteiger partial charge < -0.3 is 19.5 Å². The van der Waals surface area contributed by atoms with E-state index in [2.05, 4.69) is 5.32 Å². The van der Waals surface area contributed by atoms with Gasteiger partial charge in [-0.3, -0.25) is 9.10 Å². The van der Waals surface area contributed by atoms with Gasteiger partial charge in [-0.05, 0) is 43.2 Å². The lowest BCUT2D eigenvalue weighted by atomic mass is 10.0. The predicted molar refractivity (Wildman–Crippen MR) is 118 cm³/mol. The highest BCUT2D eigenvalue weighted by Gasteiger charge is 2.26. The minimum absolute atomic E-state index is 0.135. The predicted octanol–water partition coefficient (Wildman–Crippen LogP) is 2.89. The number of hydrogen-bond donors (Lipinski definition) is 1. The molecule has 1 amide bonds. The monoisotopic (exact) mass is 448 g/mol. The summed E-state index contributed by atoms with van der Waals surface area (Å²) in [5, 5.41) is 2.94. The van der Waals surface area contributed by atoms with Crippen LogP contribution in [0, 0.1) is 0 Å². The average molecular weight is 449 g/mol. The number of nitrogens with one attached hydrogen (secondary N) is 1. The molecule has 0 saturated carbocycles. The van der Waals surface area contributed by atoms with Crippen molar-refractivity contribution < 1.29 is 27.4 Å². The Labute approximate surface area is 183 Å². The lowest BCUT2D eigenvalue weighted by molar-refractivity contribution is -0.120. The van der Waals surface area contributed by atoms with Crippen LogP contribution in [0.4, 0.5) is 5.69 Å². The highest BCUT2D eigenvalue weighted by Crippen LogP contribution is 2.34. The van der Waals surface area contributed by atoms with E-state index in [4.69, 9.17) is 14.2 Å². The molecule has 8 nitrogen and oxygen atoms in total. The SMILES string of the molecule is CC[C@@H](NC(=O)CN(c1ccc2c(c1)OCCO2)S(=O)(=O)CC)c1ccc(OC)cc1. The van der Waals surface area contributed by atoms with E-state index >= 15 is 0 Å². The number of benzene rings is 2. The second kappa shape index (κ2) is 9.91. The zero-order chi connectivity index (χ0) is 22.4. The number of carbonyl (C=O) groups excluding carboxylic acids is 1. The number of anilines is 1. The van der Waals surface area contributed by atoms with Gasteiger partial charge in [-0.25, -0.2) is 8.42 Å². The maximum absolute atomic E-state index is 12.8. The number of sulfonamides is 1. The fourth-order valence-corrected chi connectivity index (χ4v) is 4.38. The van der Waals surface area contributed by atoms with E-state index in [1.165, 1.54) is 0 Å². The standard InChI is InChI=1S/C22H28N2O6S/c1-4-19(16-6-9-18(28-3)10-7-16)23-22(25)15-24(31(26,27)5-2)17-8-11-20-21(14-17)30-13-12-29-20/h6-11,14,19H,4-5,12-13,15H2,1-3H3,(H,23,25)/t19-/m1/s1. The molecule has 3 rings (SSSR count). The molecule has 168 valence electrons. The number of hydrogen-bond acceptors (Lipinski definition) is 6. The molecule has 31 heavy (non-hydrogen) atoms. The summed E-state index contributed by atoms with van der Waals surface area (Å²) in [6.45, 7) is 4.00. The summed E-state index contributed by atoms with van der Waals surface area (Å²) in [6.07, 6.45) is 0.655.